The fraction of sp³-hybridized carbons (Fsp3) is 0.350. The first-order chi connectivity index (χ1) is 13.1. The number of benzene rings is 2. The van der Waals surface area contributed by atoms with Gasteiger partial charge in [-0.3, -0.25) is 15.1 Å². The fourth-order valence-corrected chi connectivity index (χ4v) is 2.47. The van der Waals surface area contributed by atoms with Crippen molar-refractivity contribution in [3.63, 3.8) is 0 Å². The quantitative estimate of drug-likeness (QED) is 0.181. The monoisotopic (exact) mass is 498 g/mol. The Morgan fingerprint density at radius 1 is 1.14 bits per heavy atom. The molecule has 0 spiro atoms. The summed E-state index contributed by atoms with van der Waals surface area (Å²) in [5, 5.41) is 17.3. The smallest absolute Gasteiger partial charge is 0.269 e. The summed E-state index contributed by atoms with van der Waals surface area (Å²) in [4.78, 5) is 14.6. The van der Waals surface area contributed by atoms with Gasteiger partial charge in [-0.1, -0.05) is 49.4 Å². The molecular formula is C20H27IN4O3. The number of ether oxygens (including phenoxy) is 1. The Labute approximate surface area is 182 Å². The van der Waals surface area contributed by atoms with Crippen molar-refractivity contribution in [1.29, 1.82) is 0 Å². The van der Waals surface area contributed by atoms with Gasteiger partial charge in [0.15, 0.2) is 5.96 Å². The molecule has 0 aliphatic carbocycles. The van der Waals surface area contributed by atoms with Gasteiger partial charge in [-0.15, -0.1) is 24.0 Å². The van der Waals surface area contributed by atoms with Gasteiger partial charge in [-0.25, -0.2) is 0 Å². The van der Waals surface area contributed by atoms with E-state index in [-0.39, 0.29) is 29.7 Å². The van der Waals surface area contributed by atoms with E-state index in [1.54, 1.807) is 19.2 Å². The normalized spacial score (nSPS) is 12.0. The van der Waals surface area contributed by atoms with Crippen molar-refractivity contribution >= 4 is 35.6 Å². The summed E-state index contributed by atoms with van der Waals surface area (Å²) in [5.41, 5.74) is 2.07. The molecule has 0 aliphatic rings. The molecule has 8 heteroatoms. The van der Waals surface area contributed by atoms with Gasteiger partial charge in [0.1, 0.15) is 0 Å². The average molecular weight is 498 g/mol. The molecule has 0 aromatic heterocycles. The number of nitrogens with one attached hydrogen (secondary N) is 2. The van der Waals surface area contributed by atoms with Crippen LogP contribution in [0.15, 0.2) is 59.6 Å². The first kappa shape index (κ1) is 23.8. The molecular weight excluding hydrogens is 471 g/mol. The third-order valence-corrected chi connectivity index (χ3v) is 3.94. The number of hydrogen-bond donors (Lipinski definition) is 2. The highest BCUT2D eigenvalue weighted by Crippen LogP contribution is 2.12. The molecule has 2 N–H and O–H groups in total. The van der Waals surface area contributed by atoms with Gasteiger partial charge < -0.3 is 15.4 Å². The van der Waals surface area contributed by atoms with Gasteiger partial charge in [0, 0.05) is 32.3 Å². The average Bonchev–Trinajstić information content (AvgIpc) is 2.69. The minimum Gasteiger partial charge on any atom is -0.376 e. The summed E-state index contributed by atoms with van der Waals surface area (Å²) in [6, 6.07) is 16.6. The molecule has 152 valence electrons. The molecule has 2 rings (SSSR count). The number of rotatable bonds is 9. The molecule has 28 heavy (non-hydrogen) atoms. The molecule has 7 nitrogen and oxygen atoms in total. The molecule has 0 saturated heterocycles. The van der Waals surface area contributed by atoms with E-state index in [0.29, 0.717) is 38.2 Å². The maximum Gasteiger partial charge on any atom is 0.269 e. The first-order valence-corrected chi connectivity index (χ1v) is 8.88. The summed E-state index contributed by atoms with van der Waals surface area (Å²) in [5.74, 6) is 0.960. The molecule has 1 unspecified atom stereocenters. The number of hydrogen-bond acceptors (Lipinski definition) is 4. The van der Waals surface area contributed by atoms with Crippen molar-refractivity contribution in [3.8, 4) is 0 Å². The lowest BCUT2D eigenvalue weighted by molar-refractivity contribution is -0.384. The van der Waals surface area contributed by atoms with E-state index in [0.717, 1.165) is 11.1 Å². The van der Waals surface area contributed by atoms with Gasteiger partial charge in [-0.2, -0.15) is 0 Å². The Balaban J connectivity index is 0.00000392. The Morgan fingerprint density at radius 2 is 1.86 bits per heavy atom. The maximum absolute atomic E-state index is 10.8. The predicted octanol–water partition coefficient (Wildman–Crippen LogP) is 3.73. The number of non-ortho nitro benzene ring substituents is 1. The largest absolute Gasteiger partial charge is 0.376 e. The van der Waals surface area contributed by atoms with Gasteiger partial charge in [0.25, 0.3) is 5.69 Å². The van der Waals surface area contributed by atoms with E-state index in [4.69, 9.17) is 4.74 Å². The van der Waals surface area contributed by atoms with Crippen LogP contribution in [0.5, 0.6) is 0 Å². The fourth-order valence-electron chi connectivity index (χ4n) is 2.47. The van der Waals surface area contributed by atoms with E-state index in [1.807, 2.05) is 36.4 Å². The molecule has 1 atom stereocenters. The Kier molecular flexibility index (Phi) is 11.1. The summed E-state index contributed by atoms with van der Waals surface area (Å²) in [7, 11) is 1.69. The van der Waals surface area contributed by atoms with Crippen LogP contribution in [-0.4, -0.2) is 31.1 Å². The second-order valence-corrected chi connectivity index (χ2v) is 6.34. The molecule has 2 aromatic carbocycles. The van der Waals surface area contributed by atoms with Gasteiger partial charge in [0.05, 0.1) is 18.1 Å². The zero-order valence-corrected chi connectivity index (χ0v) is 18.5. The lowest BCUT2D eigenvalue weighted by Gasteiger charge is -2.16. The topological polar surface area (TPSA) is 88.8 Å². The SMILES string of the molecule is CN=C(NCc1cccc([N+](=O)[O-])c1)NCC(C)COCc1ccccc1.I. The van der Waals surface area contributed by atoms with E-state index >= 15 is 0 Å². The lowest BCUT2D eigenvalue weighted by Crippen LogP contribution is -2.39. The van der Waals surface area contributed by atoms with Crippen LogP contribution in [0, 0.1) is 16.0 Å². The summed E-state index contributed by atoms with van der Waals surface area (Å²) < 4.78 is 5.75. The number of aliphatic imine (C=N–C) groups is 1. The van der Waals surface area contributed by atoms with Crippen LogP contribution in [0.2, 0.25) is 0 Å². The third-order valence-electron chi connectivity index (χ3n) is 3.94. The van der Waals surface area contributed by atoms with Crippen LogP contribution in [0.4, 0.5) is 5.69 Å². The summed E-state index contributed by atoms with van der Waals surface area (Å²) in [6.07, 6.45) is 0. The Morgan fingerprint density at radius 3 is 2.54 bits per heavy atom. The van der Waals surface area contributed by atoms with Crippen molar-refractivity contribution < 1.29 is 9.66 Å². The highest BCUT2D eigenvalue weighted by molar-refractivity contribution is 14.0. The van der Waals surface area contributed by atoms with Crippen molar-refractivity contribution in [2.75, 3.05) is 20.2 Å². The zero-order chi connectivity index (χ0) is 19.5. The van der Waals surface area contributed by atoms with E-state index in [2.05, 4.69) is 22.5 Å². The Bertz CT molecular complexity index is 756. The van der Waals surface area contributed by atoms with Gasteiger partial charge >= 0.3 is 0 Å². The van der Waals surface area contributed by atoms with E-state index in [1.165, 1.54) is 6.07 Å². The summed E-state index contributed by atoms with van der Waals surface area (Å²) in [6.45, 7) is 4.52. The second-order valence-electron chi connectivity index (χ2n) is 6.34. The third kappa shape index (κ3) is 8.66. The minimum atomic E-state index is -0.395. The van der Waals surface area contributed by atoms with Crippen molar-refractivity contribution in [3.05, 3.63) is 75.8 Å². The predicted molar refractivity (Wildman–Crippen MR) is 122 cm³/mol. The van der Waals surface area contributed by atoms with E-state index < -0.39 is 4.92 Å². The number of halogens is 1. The molecule has 0 radical (unpaired) electrons. The summed E-state index contributed by atoms with van der Waals surface area (Å²) >= 11 is 0. The van der Waals surface area contributed by atoms with Crippen LogP contribution in [0.1, 0.15) is 18.1 Å². The van der Waals surface area contributed by atoms with Crippen LogP contribution >= 0.6 is 24.0 Å². The molecule has 0 heterocycles. The highest BCUT2D eigenvalue weighted by atomic mass is 127. The van der Waals surface area contributed by atoms with Crippen LogP contribution in [0.3, 0.4) is 0 Å². The minimum absolute atomic E-state index is 0. The zero-order valence-electron chi connectivity index (χ0n) is 16.1. The standard InChI is InChI=1S/C20H26N4O3.HI/c1-16(14-27-15-17-7-4-3-5-8-17)12-22-20(21-2)23-13-18-9-6-10-19(11-18)24(25)26;/h3-11,16H,12-15H2,1-2H3,(H2,21,22,23);1H. The van der Waals surface area contributed by atoms with Crippen LogP contribution in [-0.2, 0) is 17.9 Å². The van der Waals surface area contributed by atoms with E-state index in [9.17, 15) is 10.1 Å². The molecule has 0 fully saturated rings. The number of nitro benzene ring substituents is 1. The molecule has 0 amide bonds. The highest BCUT2D eigenvalue weighted by Gasteiger charge is 2.07. The number of nitrogens with zero attached hydrogens (tertiary/aromatic N) is 2. The van der Waals surface area contributed by atoms with Crippen LogP contribution < -0.4 is 10.6 Å². The van der Waals surface area contributed by atoms with Crippen LogP contribution in [0.25, 0.3) is 0 Å². The molecule has 0 saturated carbocycles. The van der Waals surface area contributed by atoms with Crippen molar-refractivity contribution in [1.82, 2.24) is 10.6 Å². The van der Waals surface area contributed by atoms with Crippen molar-refractivity contribution in [2.24, 2.45) is 10.9 Å². The Hall–Kier alpha value is -2.20. The second kappa shape index (κ2) is 13.1. The van der Waals surface area contributed by atoms with Crippen molar-refractivity contribution in [2.45, 2.75) is 20.1 Å². The number of guanidine groups is 1. The first-order valence-electron chi connectivity index (χ1n) is 8.88. The van der Waals surface area contributed by atoms with Gasteiger partial charge in [-0.05, 0) is 17.0 Å². The molecule has 2 aromatic rings. The molecule has 0 aliphatic heterocycles. The number of nitro groups is 1. The lowest BCUT2D eigenvalue weighted by atomic mass is 10.2. The molecule has 0 bridgehead atoms. The van der Waals surface area contributed by atoms with Gasteiger partial charge in [0.2, 0.25) is 0 Å². The maximum atomic E-state index is 10.8.